The highest BCUT2D eigenvalue weighted by atomic mass is 16.5. The Labute approximate surface area is 98.0 Å². The summed E-state index contributed by atoms with van der Waals surface area (Å²) in [5.74, 6) is 1.01. The molecule has 88 valence electrons. The average molecular weight is 219 g/mol. The molecule has 1 aliphatic carbocycles. The second-order valence-corrected chi connectivity index (χ2v) is 4.51. The van der Waals surface area contributed by atoms with E-state index in [-0.39, 0.29) is 0 Å². The third-order valence-corrected chi connectivity index (χ3v) is 3.43. The van der Waals surface area contributed by atoms with Gasteiger partial charge in [0.1, 0.15) is 5.75 Å². The minimum atomic E-state index is 0.757. The lowest BCUT2D eigenvalue weighted by Gasteiger charge is -2.26. The van der Waals surface area contributed by atoms with E-state index in [2.05, 4.69) is 30.4 Å². The van der Waals surface area contributed by atoms with Crippen molar-refractivity contribution < 1.29 is 4.74 Å². The van der Waals surface area contributed by atoms with E-state index in [1.807, 2.05) is 0 Å². The SMILES string of the molecule is CCc1cc(CNC2CCC2)ccc1OC. The molecule has 0 heterocycles. The second kappa shape index (κ2) is 5.35. The molecule has 2 rings (SSSR count). The first-order chi connectivity index (χ1) is 7.83. The van der Waals surface area contributed by atoms with Crippen LogP contribution in [-0.4, -0.2) is 13.2 Å². The second-order valence-electron chi connectivity index (χ2n) is 4.51. The maximum Gasteiger partial charge on any atom is 0.122 e. The summed E-state index contributed by atoms with van der Waals surface area (Å²) < 4.78 is 5.33. The van der Waals surface area contributed by atoms with E-state index in [0.29, 0.717) is 0 Å². The van der Waals surface area contributed by atoms with Gasteiger partial charge in [-0.05, 0) is 36.5 Å². The number of aryl methyl sites for hydroxylation is 1. The van der Waals surface area contributed by atoms with Gasteiger partial charge in [0.25, 0.3) is 0 Å². The minimum absolute atomic E-state index is 0.757. The first-order valence-corrected chi connectivity index (χ1v) is 6.22. The van der Waals surface area contributed by atoms with Gasteiger partial charge in [-0.2, -0.15) is 0 Å². The molecule has 1 aromatic rings. The molecule has 0 saturated heterocycles. The molecule has 16 heavy (non-hydrogen) atoms. The summed E-state index contributed by atoms with van der Waals surface area (Å²) in [5, 5.41) is 3.58. The van der Waals surface area contributed by atoms with Crippen molar-refractivity contribution >= 4 is 0 Å². The van der Waals surface area contributed by atoms with Gasteiger partial charge in [0.05, 0.1) is 7.11 Å². The lowest BCUT2D eigenvalue weighted by molar-refractivity contribution is 0.338. The van der Waals surface area contributed by atoms with Crippen molar-refractivity contribution in [2.45, 2.75) is 45.2 Å². The van der Waals surface area contributed by atoms with Crippen molar-refractivity contribution in [3.05, 3.63) is 29.3 Å². The van der Waals surface area contributed by atoms with Gasteiger partial charge in [-0.25, -0.2) is 0 Å². The van der Waals surface area contributed by atoms with Crippen LogP contribution in [0.5, 0.6) is 5.75 Å². The van der Waals surface area contributed by atoms with Gasteiger partial charge in [-0.15, -0.1) is 0 Å². The molecule has 1 N–H and O–H groups in total. The molecule has 0 atom stereocenters. The molecule has 0 radical (unpaired) electrons. The van der Waals surface area contributed by atoms with Crippen LogP contribution in [0.2, 0.25) is 0 Å². The Balaban J connectivity index is 1.97. The molecule has 0 aliphatic heterocycles. The largest absolute Gasteiger partial charge is 0.496 e. The predicted octanol–water partition coefficient (Wildman–Crippen LogP) is 2.90. The van der Waals surface area contributed by atoms with E-state index in [1.165, 1.54) is 30.4 Å². The van der Waals surface area contributed by atoms with Crippen molar-refractivity contribution in [3.63, 3.8) is 0 Å². The van der Waals surface area contributed by atoms with Gasteiger partial charge in [-0.1, -0.05) is 25.5 Å². The van der Waals surface area contributed by atoms with Gasteiger partial charge in [0, 0.05) is 12.6 Å². The van der Waals surface area contributed by atoms with Gasteiger partial charge in [-0.3, -0.25) is 0 Å². The lowest BCUT2D eigenvalue weighted by Crippen LogP contribution is -2.34. The summed E-state index contributed by atoms with van der Waals surface area (Å²) in [4.78, 5) is 0. The fourth-order valence-electron chi connectivity index (χ4n) is 2.09. The zero-order valence-electron chi connectivity index (χ0n) is 10.3. The monoisotopic (exact) mass is 219 g/mol. The van der Waals surface area contributed by atoms with Crippen LogP contribution < -0.4 is 10.1 Å². The summed E-state index contributed by atoms with van der Waals surface area (Å²) >= 11 is 0. The Morgan fingerprint density at radius 3 is 2.75 bits per heavy atom. The summed E-state index contributed by atoms with van der Waals surface area (Å²) in [6.07, 6.45) is 5.11. The number of nitrogens with one attached hydrogen (secondary N) is 1. The number of hydrogen-bond donors (Lipinski definition) is 1. The average Bonchev–Trinajstić information content (AvgIpc) is 2.26. The fourth-order valence-corrected chi connectivity index (χ4v) is 2.09. The van der Waals surface area contributed by atoms with Crippen molar-refractivity contribution in [2.75, 3.05) is 7.11 Å². The normalized spacial score (nSPS) is 15.9. The zero-order valence-corrected chi connectivity index (χ0v) is 10.3. The molecule has 0 aromatic heterocycles. The molecule has 2 heteroatoms. The van der Waals surface area contributed by atoms with E-state index in [4.69, 9.17) is 4.74 Å². The van der Waals surface area contributed by atoms with Crippen LogP contribution >= 0.6 is 0 Å². The maximum atomic E-state index is 5.33. The molecule has 0 spiro atoms. The Morgan fingerprint density at radius 1 is 1.38 bits per heavy atom. The van der Waals surface area contributed by atoms with E-state index in [9.17, 15) is 0 Å². The lowest BCUT2D eigenvalue weighted by atomic mass is 9.93. The minimum Gasteiger partial charge on any atom is -0.496 e. The molecule has 0 unspecified atom stereocenters. The Bertz CT molecular complexity index is 345. The number of rotatable bonds is 5. The van der Waals surface area contributed by atoms with E-state index < -0.39 is 0 Å². The van der Waals surface area contributed by atoms with E-state index in [1.54, 1.807) is 7.11 Å². The Morgan fingerprint density at radius 2 is 2.19 bits per heavy atom. The van der Waals surface area contributed by atoms with Crippen LogP contribution in [0.15, 0.2) is 18.2 Å². The molecule has 2 nitrogen and oxygen atoms in total. The topological polar surface area (TPSA) is 21.3 Å². The molecular formula is C14H21NO. The number of hydrogen-bond acceptors (Lipinski definition) is 2. The standard InChI is InChI=1S/C14H21NO/c1-3-12-9-11(7-8-14(12)16-2)10-15-13-5-4-6-13/h7-9,13,15H,3-6,10H2,1-2H3. The van der Waals surface area contributed by atoms with Crippen LogP contribution in [0.4, 0.5) is 0 Å². The molecule has 1 fully saturated rings. The van der Waals surface area contributed by atoms with E-state index in [0.717, 1.165) is 24.8 Å². The molecule has 1 saturated carbocycles. The van der Waals surface area contributed by atoms with Crippen LogP contribution in [0.25, 0.3) is 0 Å². The Kier molecular flexibility index (Phi) is 3.83. The smallest absolute Gasteiger partial charge is 0.122 e. The van der Waals surface area contributed by atoms with E-state index >= 15 is 0 Å². The van der Waals surface area contributed by atoms with Crippen LogP contribution in [-0.2, 0) is 13.0 Å². The molecule has 1 aliphatic rings. The zero-order chi connectivity index (χ0) is 11.4. The Hall–Kier alpha value is -1.02. The van der Waals surface area contributed by atoms with Gasteiger partial charge >= 0.3 is 0 Å². The van der Waals surface area contributed by atoms with Gasteiger partial charge in [0.15, 0.2) is 0 Å². The first-order valence-electron chi connectivity index (χ1n) is 6.22. The highest BCUT2D eigenvalue weighted by Crippen LogP contribution is 2.22. The van der Waals surface area contributed by atoms with Gasteiger partial charge < -0.3 is 10.1 Å². The first kappa shape index (κ1) is 11.5. The third kappa shape index (κ3) is 2.56. The quantitative estimate of drug-likeness (QED) is 0.822. The number of benzene rings is 1. The third-order valence-electron chi connectivity index (χ3n) is 3.43. The maximum absolute atomic E-state index is 5.33. The van der Waals surface area contributed by atoms with Crippen molar-refractivity contribution in [1.29, 1.82) is 0 Å². The van der Waals surface area contributed by atoms with Crippen molar-refractivity contribution in [2.24, 2.45) is 0 Å². The molecule has 1 aromatic carbocycles. The van der Waals surface area contributed by atoms with Crippen molar-refractivity contribution in [1.82, 2.24) is 5.32 Å². The molecular weight excluding hydrogens is 198 g/mol. The van der Waals surface area contributed by atoms with Crippen LogP contribution in [0.1, 0.15) is 37.3 Å². The number of ether oxygens (including phenoxy) is 1. The van der Waals surface area contributed by atoms with Crippen molar-refractivity contribution in [3.8, 4) is 5.75 Å². The highest BCUT2D eigenvalue weighted by molar-refractivity contribution is 5.37. The van der Waals surface area contributed by atoms with Crippen LogP contribution in [0.3, 0.4) is 0 Å². The predicted molar refractivity (Wildman–Crippen MR) is 66.9 cm³/mol. The molecule has 0 amide bonds. The van der Waals surface area contributed by atoms with Gasteiger partial charge in [0.2, 0.25) is 0 Å². The molecule has 0 bridgehead atoms. The van der Waals surface area contributed by atoms with Crippen LogP contribution in [0, 0.1) is 0 Å². The summed E-state index contributed by atoms with van der Waals surface area (Å²) in [6.45, 7) is 3.16. The number of methoxy groups -OCH3 is 1. The fraction of sp³-hybridized carbons (Fsp3) is 0.571. The summed E-state index contributed by atoms with van der Waals surface area (Å²) in [6, 6.07) is 7.25. The summed E-state index contributed by atoms with van der Waals surface area (Å²) in [7, 11) is 1.74. The highest BCUT2D eigenvalue weighted by Gasteiger charge is 2.16. The summed E-state index contributed by atoms with van der Waals surface area (Å²) in [5.41, 5.74) is 2.67.